The predicted molar refractivity (Wildman–Crippen MR) is 90.9 cm³/mol. The fraction of sp³-hybridized carbons (Fsp3) is 0.158. The Labute approximate surface area is 140 Å². The zero-order valence-electron chi connectivity index (χ0n) is 13.6. The average molecular weight is 322 g/mol. The standard InChI is InChI=1S/C19H18N2O3/c1-3-14-9-11-16(12-10-14)24-19(22)18-17(23-2)13-21(20-18)15-7-5-4-6-8-15/h4-13H,3H2,1-2H3. The number of hydrogen-bond donors (Lipinski definition) is 0. The summed E-state index contributed by atoms with van der Waals surface area (Å²) in [5, 5.41) is 4.30. The van der Waals surface area contributed by atoms with Crippen LogP contribution in [0.15, 0.2) is 60.8 Å². The summed E-state index contributed by atoms with van der Waals surface area (Å²) in [6, 6.07) is 16.9. The summed E-state index contributed by atoms with van der Waals surface area (Å²) in [5.41, 5.74) is 2.16. The van der Waals surface area contributed by atoms with Gasteiger partial charge in [-0.15, -0.1) is 0 Å². The highest BCUT2D eigenvalue weighted by Gasteiger charge is 2.20. The minimum Gasteiger partial charge on any atom is -0.493 e. The number of rotatable bonds is 5. The lowest BCUT2D eigenvalue weighted by molar-refractivity contribution is 0.0724. The molecule has 0 bridgehead atoms. The molecule has 0 atom stereocenters. The van der Waals surface area contributed by atoms with Crippen LogP contribution in [0.25, 0.3) is 5.69 Å². The first kappa shape index (κ1) is 15.8. The van der Waals surface area contributed by atoms with Crippen molar-refractivity contribution in [2.75, 3.05) is 7.11 Å². The van der Waals surface area contributed by atoms with E-state index in [2.05, 4.69) is 12.0 Å². The molecule has 0 radical (unpaired) electrons. The van der Waals surface area contributed by atoms with Crippen molar-refractivity contribution in [3.63, 3.8) is 0 Å². The minimum atomic E-state index is -0.550. The number of para-hydroxylation sites is 1. The first-order chi connectivity index (χ1) is 11.7. The van der Waals surface area contributed by atoms with Crippen molar-refractivity contribution in [2.24, 2.45) is 0 Å². The molecule has 0 N–H and O–H groups in total. The summed E-state index contributed by atoms with van der Waals surface area (Å²) >= 11 is 0. The van der Waals surface area contributed by atoms with Crippen molar-refractivity contribution in [2.45, 2.75) is 13.3 Å². The predicted octanol–water partition coefficient (Wildman–Crippen LogP) is 3.66. The quantitative estimate of drug-likeness (QED) is 0.531. The second-order valence-corrected chi connectivity index (χ2v) is 5.21. The van der Waals surface area contributed by atoms with Crippen molar-refractivity contribution in [3.8, 4) is 17.2 Å². The maximum Gasteiger partial charge on any atom is 0.368 e. The van der Waals surface area contributed by atoms with E-state index in [9.17, 15) is 4.79 Å². The van der Waals surface area contributed by atoms with Crippen LogP contribution in [0.5, 0.6) is 11.5 Å². The summed E-state index contributed by atoms with van der Waals surface area (Å²) in [4.78, 5) is 12.4. The van der Waals surface area contributed by atoms with Gasteiger partial charge in [0.25, 0.3) is 0 Å². The molecular formula is C19H18N2O3. The molecule has 0 amide bonds. The van der Waals surface area contributed by atoms with Gasteiger partial charge in [0.15, 0.2) is 5.75 Å². The lowest BCUT2D eigenvalue weighted by Crippen LogP contribution is -2.11. The van der Waals surface area contributed by atoms with Crippen LogP contribution in [0.2, 0.25) is 0 Å². The number of carbonyl (C=O) groups excluding carboxylic acids is 1. The zero-order valence-corrected chi connectivity index (χ0v) is 13.6. The third-order valence-electron chi connectivity index (χ3n) is 3.66. The number of hydrogen-bond acceptors (Lipinski definition) is 4. The number of nitrogens with zero attached hydrogens (tertiary/aromatic N) is 2. The molecule has 1 aromatic heterocycles. The van der Waals surface area contributed by atoms with Crippen LogP contribution >= 0.6 is 0 Å². The van der Waals surface area contributed by atoms with Crippen LogP contribution in [0, 0.1) is 0 Å². The maximum atomic E-state index is 12.4. The Morgan fingerprint density at radius 2 is 1.79 bits per heavy atom. The largest absolute Gasteiger partial charge is 0.493 e. The molecule has 0 spiro atoms. The molecule has 3 aromatic rings. The molecule has 0 aliphatic carbocycles. The van der Waals surface area contributed by atoms with Gasteiger partial charge in [0.2, 0.25) is 5.69 Å². The molecule has 0 saturated carbocycles. The molecule has 0 fully saturated rings. The van der Waals surface area contributed by atoms with Crippen LogP contribution in [0.4, 0.5) is 0 Å². The van der Waals surface area contributed by atoms with E-state index in [0.717, 1.165) is 12.1 Å². The molecule has 2 aromatic carbocycles. The molecular weight excluding hydrogens is 304 g/mol. The SMILES string of the molecule is CCc1ccc(OC(=O)c2nn(-c3ccccc3)cc2OC)cc1. The van der Waals surface area contributed by atoms with Crippen molar-refractivity contribution in [1.82, 2.24) is 9.78 Å². The third kappa shape index (κ3) is 3.30. The van der Waals surface area contributed by atoms with Gasteiger partial charge in [-0.2, -0.15) is 5.10 Å². The first-order valence-corrected chi connectivity index (χ1v) is 7.71. The van der Waals surface area contributed by atoms with Crippen LogP contribution in [0.3, 0.4) is 0 Å². The monoisotopic (exact) mass is 322 g/mol. The van der Waals surface area contributed by atoms with Gasteiger partial charge in [0, 0.05) is 0 Å². The van der Waals surface area contributed by atoms with E-state index in [-0.39, 0.29) is 5.69 Å². The Bertz CT molecular complexity index is 824. The Hall–Kier alpha value is -3.08. The zero-order chi connectivity index (χ0) is 16.9. The number of ether oxygens (including phenoxy) is 2. The van der Waals surface area contributed by atoms with Crippen molar-refractivity contribution < 1.29 is 14.3 Å². The van der Waals surface area contributed by atoms with Crippen LogP contribution < -0.4 is 9.47 Å². The van der Waals surface area contributed by atoms with Gasteiger partial charge >= 0.3 is 5.97 Å². The van der Waals surface area contributed by atoms with E-state index in [1.54, 1.807) is 23.0 Å². The molecule has 122 valence electrons. The third-order valence-corrected chi connectivity index (χ3v) is 3.66. The van der Waals surface area contributed by atoms with Crippen LogP contribution in [-0.2, 0) is 6.42 Å². The van der Waals surface area contributed by atoms with Gasteiger partial charge in [-0.3, -0.25) is 0 Å². The van der Waals surface area contributed by atoms with E-state index in [4.69, 9.17) is 9.47 Å². The van der Waals surface area contributed by atoms with Crippen molar-refractivity contribution in [3.05, 3.63) is 72.1 Å². The molecule has 5 heteroatoms. The van der Waals surface area contributed by atoms with Gasteiger partial charge in [-0.25, -0.2) is 9.48 Å². The Balaban J connectivity index is 1.84. The van der Waals surface area contributed by atoms with Crippen LogP contribution in [-0.4, -0.2) is 22.9 Å². The molecule has 1 heterocycles. The normalized spacial score (nSPS) is 10.4. The highest BCUT2D eigenvalue weighted by Crippen LogP contribution is 2.22. The lowest BCUT2D eigenvalue weighted by Gasteiger charge is -2.04. The maximum absolute atomic E-state index is 12.4. The van der Waals surface area contributed by atoms with Gasteiger partial charge in [-0.1, -0.05) is 37.3 Å². The summed E-state index contributed by atoms with van der Waals surface area (Å²) in [6.45, 7) is 2.07. The van der Waals surface area contributed by atoms with E-state index in [1.807, 2.05) is 42.5 Å². The van der Waals surface area contributed by atoms with Crippen molar-refractivity contribution in [1.29, 1.82) is 0 Å². The Morgan fingerprint density at radius 1 is 1.08 bits per heavy atom. The fourth-order valence-corrected chi connectivity index (χ4v) is 2.31. The molecule has 0 saturated heterocycles. The fourth-order valence-electron chi connectivity index (χ4n) is 2.31. The summed E-state index contributed by atoms with van der Waals surface area (Å²) in [5.74, 6) is 0.299. The summed E-state index contributed by atoms with van der Waals surface area (Å²) in [7, 11) is 1.50. The smallest absolute Gasteiger partial charge is 0.368 e. The number of aromatic nitrogens is 2. The molecule has 5 nitrogen and oxygen atoms in total. The molecule has 24 heavy (non-hydrogen) atoms. The van der Waals surface area contributed by atoms with E-state index in [0.29, 0.717) is 11.5 Å². The molecule has 0 aliphatic rings. The molecule has 0 unspecified atom stereocenters. The van der Waals surface area contributed by atoms with Gasteiger partial charge in [0.1, 0.15) is 5.75 Å². The van der Waals surface area contributed by atoms with Gasteiger partial charge in [0.05, 0.1) is 19.0 Å². The minimum absolute atomic E-state index is 0.140. The number of benzene rings is 2. The Kier molecular flexibility index (Phi) is 4.61. The van der Waals surface area contributed by atoms with E-state index in [1.165, 1.54) is 12.7 Å². The average Bonchev–Trinajstić information content (AvgIpc) is 3.08. The number of aryl methyl sites for hydroxylation is 1. The van der Waals surface area contributed by atoms with E-state index < -0.39 is 5.97 Å². The number of carbonyl (C=O) groups is 1. The highest BCUT2D eigenvalue weighted by molar-refractivity contribution is 5.91. The van der Waals surface area contributed by atoms with Crippen molar-refractivity contribution >= 4 is 5.97 Å². The Morgan fingerprint density at radius 3 is 2.42 bits per heavy atom. The topological polar surface area (TPSA) is 53.3 Å². The second kappa shape index (κ2) is 7.00. The molecule has 3 rings (SSSR count). The number of methoxy groups -OCH3 is 1. The highest BCUT2D eigenvalue weighted by atomic mass is 16.5. The van der Waals surface area contributed by atoms with Crippen LogP contribution in [0.1, 0.15) is 23.0 Å². The lowest BCUT2D eigenvalue weighted by atomic mass is 10.2. The van der Waals surface area contributed by atoms with Gasteiger partial charge < -0.3 is 9.47 Å². The summed E-state index contributed by atoms with van der Waals surface area (Å²) in [6.07, 6.45) is 2.59. The molecule has 0 aliphatic heterocycles. The van der Waals surface area contributed by atoms with E-state index >= 15 is 0 Å². The first-order valence-electron chi connectivity index (χ1n) is 7.71. The van der Waals surface area contributed by atoms with Gasteiger partial charge in [-0.05, 0) is 36.2 Å². The summed E-state index contributed by atoms with van der Waals surface area (Å²) < 4.78 is 12.2. The second-order valence-electron chi connectivity index (χ2n) is 5.21. The number of esters is 1.